The van der Waals surface area contributed by atoms with Crippen LogP contribution in [0.15, 0.2) is 6.20 Å². The zero-order chi connectivity index (χ0) is 16.3. The van der Waals surface area contributed by atoms with Crippen molar-refractivity contribution in [2.75, 3.05) is 5.32 Å². The fourth-order valence-electron chi connectivity index (χ4n) is 2.82. The summed E-state index contributed by atoms with van der Waals surface area (Å²) in [6.45, 7) is 2.36. The van der Waals surface area contributed by atoms with Crippen molar-refractivity contribution in [3.05, 3.63) is 11.9 Å². The Hall–Kier alpha value is -2.38. The summed E-state index contributed by atoms with van der Waals surface area (Å²) in [5, 5.41) is 15.8. The van der Waals surface area contributed by atoms with E-state index in [-0.39, 0.29) is 11.4 Å². The van der Waals surface area contributed by atoms with Gasteiger partial charge in [-0.25, -0.2) is 0 Å². The van der Waals surface area contributed by atoms with Gasteiger partial charge in [-0.15, -0.1) is 0 Å². The highest BCUT2D eigenvalue weighted by Gasteiger charge is 2.36. The number of carbonyl (C=O) groups is 3. The first-order valence-corrected chi connectivity index (χ1v) is 7.35. The molecular weight excluding hydrogens is 288 g/mol. The standard InChI is InChI=1S/C14H20N4O4/c1-2-18-7-10(11(17-18)12(15)19)16-13(20)8-5-3-4-6-9(8)14(21)22/h7-9H,2-6H2,1H3,(H2,15,19)(H,16,20)(H,21,22)/t8-,9-/m1/s1. The van der Waals surface area contributed by atoms with Crippen molar-refractivity contribution in [3.8, 4) is 0 Å². The molecule has 2 atom stereocenters. The van der Waals surface area contributed by atoms with Crippen molar-refractivity contribution < 1.29 is 19.5 Å². The number of carboxylic acid groups (broad SMARTS) is 1. The first-order chi connectivity index (χ1) is 10.4. The summed E-state index contributed by atoms with van der Waals surface area (Å²) >= 11 is 0. The topological polar surface area (TPSA) is 127 Å². The minimum Gasteiger partial charge on any atom is -0.481 e. The molecule has 1 heterocycles. The molecule has 0 bridgehead atoms. The Kier molecular flexibility index (Phi) is 4.79. The molecular formula is C14H20N4O4. The van der Waals surface area contributed by atoms with Gasteiger partial charge in [-0.2, -0.15) is 5.10 Å². The summed E-state index contributed by atoms with van der Waals surface area (Å²) < 4.78 is 1.49. The lowest BCUT2D eigenvalue weighted by atomic mass is 9.78. The van der Waals surface area contributed by atoms with Gasteiger partial charge in [0.25, 0.3) is 5.91 Å². The van der Waals surface area contributed by atoms with Gasteiger partial charge in [0.15, 0.2) is 5.69 Å². The van der Waals surface area contributed by atoms with E-state index in [1.807, 2.05) is 6.92 Å². The van der Waals surface area contributed by atoms with Crippen LogP contribution in [0.4, 0.5) is 5.69 Å². The largest absolute Gasteiger partial charge is 0.481 e. The average molecular weight is 308 g/mol. The predicted molar refractivity (Wildman–Crippen MR) is 78.1 cm³/mol. The highest BCUT2D eigenvalue weighted by molar-refractivity contribution is 6.02. The Morgan fingerprint density at radius 1 is 1.36 bits per heavy atom. The minimum absolute atomic E-state index is 0.0158. The van der Waals surface area contributed by atoms with Crippen molar-refractivity contribution in [2.45, 2.75) is 39.2 Å². The Morgan fingerprint density at radius 3 is 2.55 bits per heavy atom. The van der Waals surface area contributed by atoms with Crippen LogP contribution >= 0.6 is 0 Å². The molecule has 2 amide bonds. The summed E-state index contributed by atoms with van der Waals surface area (Å²) in [5.74, 6) is -3.38. The third-order valence-corrected chi connectivity index (χ3v) is 4.00. The van der Waals surface area contributed by atoms with E-state index in [1.165, 1.54) is 10.9 Å². The van der Waals surface area contributed by atoms with Gasteiger partial charge < -0.3 is 16.2 Å². The number of aromatic nitrogens is 2. The molecule has 4 N–H and O–H groups in total. The molecule has 1 saturated carbocycles. The molecule has 1 aliphatic carbocycles. The maximum absolute atomic E-state index is 12.4. The number of aryl methyl sites for hydroxylation is 1. The number of nitrogens with two attached hydrogens (primary N) is 1. The summed E-state index contributed by atoms with van der Waals surface area (Å²) in [6, 6.07) is 0. The van der Waals surface area contributed by atoms with Crippen LogP contribution in [-0.4, -0.2) is 32.7 Å². The Balaban J connectivity index is 2.19. The van der Waals surface area contributed by atoms with E-state index in [9.17, 15) is 19.5 Å². The lowest BCUT2D eigenvalue weighted by Crippen LogP contribution is -2.36. The highest BCUT2D eigenvalue weighted by atomic mass is 16.4. The molecule has 2 rings (SSSR count). The van der Waals surface area contributed by atoms with Crippen LogP contribution in [0, 0.1) is 11.8 Å². The van der Waals surface area contributed by atoms with Crippen LogP contribution in [0.1, 0.15) is 43.1 Å². The van der Waals surface area contributed by atoms with E-state index in [2.05, 4.69) is 10.4 Å². The molecule has 8 heteroatoms. The molecule has 0 radical (unpaired) electrons. The van der Waals surface area contributed by atoms with Crippen LogP contribution < -0.4 is 11.1 Å². The number of carboxylic acids is 1. The van der Waals surface area contributed by atoms with Gasteiger partial charge in [-0.3, -0.25) is 19.1 Å². The van der Waals surface area contributed by atoms with Crippen molar-refractivity contribution in [1.29, 1.82) is 0 Å². The lowest BCUT2D eigenvalue weighted by molar-refractivity contribution is -0.147. The molecule has 8 nitrogen and oxygen atoms in total. The van der Waals surface area contributed by atoms with E-state index < -0.39 is 29.6 Å². The van der Waals surface area contributed by atoms with E-state index in [1.54, 1.807) is 0 Å². The fourth-order valence-corrected chi connectivity index (χ4v) is 2.82. The van der Waals surface area contributed by atoms with Gasteiger partial charge in [0.1, 0.15) is 0 Å². The third-order valence-electron chi connectivity index (χ3n) is 4.00. The van der Waals surface area contributed by atoms with Crippen LogP contribution in [0.5, 0.6) is 0 Å². The summed E-state index contributed by atoms with van der Waals surface area (Å²) in [5.41, 5.74) is 5.47. The Labute approximate surface area is 127 Å². The van der Waals surface area contributed by atoms with Gasteiger partial charge in [-0.1, -0.05) is 12.8 Å². The number of primary amides is 1. The van der Waals surface area contributed by atoms with Crippen LogP contribution in [0.25, 0.3) is 0 Å². The Bertz CT molecular complexity index is 596. The van der Waals surface area contributed by atoms with Crippen molar-refractivity contribution in [2.24, 2.45) is 17.6 Å². The van der Waals surface area contributed by atoms with E-state index in [4.69, 9.17) is 5.73 Å². The summed E-state index contributed by atoms with van der Waals surface area (Å²) in [7, 11) is 0. The number of rotatable bonds is 5. The predicted octanol–water partition coefficient (Wildman–Crippen LogP) is 0.831. The normalized spacial score (nSPS) is 21.3. The summed E-state index contributed by atoms with van der Waals surface area (Å²) in [4.78, 5) is 35.1. The molecule has 22 heavy (non-hydrogen) atoms. The maximum atomic E-state index is 12.4. The second-order valence-electron chi connectivity index (χ2n) is 5.44. The van der Waals surface area contributed by atoms with Crippen LogP contribution in [-0.2, 0) is 16.1 Å². The van der Waals surface area contributed by atoms with Gasteiger partial charge >= 0.3 is 5.97 Å². The highest BCUT2D eigenvalue weighted by Crippen LogP contribution is 2.31. The number of nitrogens with zero attached hydrogens (tertiary/aromatic N) is 2. The van der Waals surface area contributed by atoms with Crippen LogP contribution in [0.2, 0.25) is 0 Å². The van der Waals surface area contributed by atoms with E-state index >= 15 is 0 Å². The van der Waals surface area contributed by atoms with Gasteiger partial charge in [-0.05, 0) is 19.8 Å². The number of hydrogen-bond acceptors (Lipinski definition) is 4. The molecule has 0 aromatic carbocycles. The van der Waals surface area contributed by atoms with Crippen LogP contribution in [0.3, 0.4) is 0 Å². The molecule has 0 aliphatic heterocycles. The monoisotopic (exact) mass is 308 g/mol. The first-order valence-electron chi connectivity index (χ1n) is 7.35. The van der Waals surface area contributed by atoms with E-state index in [0.29, 0.717) is 19.4 Å². The first kappa shape index (κ1) is 16.0. The Morgan fingerprint density at radius 2 is 2.00 bits per heavy atom. The zero-order valence-electron chi connectivity index (χ0n) is 12.4. The quantitative estimate of drug-likeness (QED) is 0.742. The third kappa shape index (κ3) is 3.26. The smallest absolute Gasteiger partial charge is 0.307 e. The van der Waals surface area contributed by atoms with Crippen molar-refractivity contribution in [3.63, 3.8) is 0 Å². The summed E-state index contributed by atoms with van der Waals surface area (Å²) in [6.07, 6.45) is 4.16. The number of amides is 2. The second kappa shape index (κ2) is 6.59. The minimum atomic E-state index is -0.959. The van der Waals surface area contributed by atoms with Crippen molar-refractivity contribution >= 4 is 23.5 Å². The van der Waals surface area contributed by atoms with E-state index in [0.717, 1.165) is 12.8 Å². The SMILES string of the molecule is CCn1cc(NC(=O)[C@@H]2CCCC[C@H]2C(=O)O)c(C(N)=O)n1. The fraction of sp³-hybridized carbons (Fsp3) is 0.571. The second-order valence-corrected chi connectivity index (χ2v) is 5.44. The molecule has 120 valence electrons. The zero-order valence-corrected chi connectivity index (χ0v) is 12.4. The maximum Gasteiger partial charge on any atom is 0.307 e. The number of hydrogen-bond donors (Lipinski definition) is 3. The lowest BCUT2D eigenvalue weighted by Gasteiger charge is -2.27. The van der Waals surface area contributed by atoms with Gasteiger partial charge in [0, 0.05) is 12.7 Å². The molecule has 1 aromatic heterocycles. The number of nitrogens with one attached hydrogen (secondary N) is 1. The number of aliphatic carboxylic acids is 1. The molecule has 0 unspecified atom stereocenters. The number of anilines is 1. The molecule has 1 aromatic rings. The average Bonchev–Trinajstić information content (AvgIpc) is 2.90. The molecule has 0 spiro atoms. The number of carbonyl (C=O) groups excluding carboxylic acids is 2. The van der Waals surface area contributed by atoms with Crippen molar-refractivity contribution in [1.82, 2.24) is 9.78 Å². The van der Waals surface area contributed by atoms with Gasteiger partial charge in [0.05, 0.1) is 17.5 Å². The molecule has 1 aliphatic rings. The molecule has 1 fully saturated rings. The molecule has 0 saturated heterocycles. The van der Waals surface area contributed by atoms with Gasteiger partial charge in [0.2, 0.25) is 5.91 Å².